The molecular formula is C14H24N2O3. The molecule has 0 aromatic carbocycles. The van der Waals surface area contributed by atoms with Gasteiger partial charge in [-0.2, -0.15) is 0 Å². The van der Waals surface area contributed by atoms with E-state index in [4.69, 9.17) is 5.11 Å². The lowest BCUT2D eigenvalue weighted by Crippen LogP contribution is -2.59. The number of carbonyl (C=O) groups excluding carboxylic acids is 1. The van der Waals surface area contributed by atoms with E-state index < -0.39 is 12.0 Å². The molecule has 19 heavy (non-hydrogen) atoms. The number of nitrogens with zero attached hydrogens (tertiary/aromatic N) is 1. The van der Waals surface area contributed by atoms with Gasteiger partial charge in [0.15, 0.2) is 0 Å². The number of hydrogen-bond acceptors (Lipinski definition) is 3. The van der Waals surface area contributed by atoms with Gasteiger partial charge in [0, 0.05) is 19.1 Å². The zero-order valence-corrected chi connectivity index (χ0v) is 11.6. The van der Waals surface area contributed by atoms with Crippen LogP contribution in [0.15, 0.2) is 0 Å². The van der Waals surface area contributed by atoms with Crippen LogP contribution in [0.5, 0.6) is 0 Å². The molecule has 2 rings (SSSR count). The highest BCUT2D eigenvalue weighted by Crippen LogP contribution is 2.31. The second kappa shape index (κ2) is 6.37. The zero-order valence-electron chi connectivity index (χ0n) is 11.6. The van der Waals surface area contributed by atoms with Crippen LogP contribution in [0.2, 0.25) is 0 Å². The lowest BCUT2D eigenvalue weighted by molar-refractivity contribution is -0.144. The van der Waals surface area contributed by atoms with Crippen LogP contribution in [0, 0.1) is 5.92 Å². The number of aliphatic carboxylic acids is 1. The summed E-state index contributed by atoms with van der Waals surface area (Å²) < 4.78 is 0. The number of carbonyl (C=O) groups is 2. The van der Waals surface area contributed by atoms with Crippen molar-refractivity contribution < 1.29 is 14.7 Å². The van der Waals surface area contributed by atoms with Gasteiger partial charge in [0.25, 0.3) is 0 Å². The van der Waals surface area contributed by atoms with Crippen molar-refractivity contribution in [1.29, 1.82) is 0 Å². The Morgan fingerprint density at radius 1 is 1.37 bits per heavy atom. The maximum atomic E-state index is 11.9. The highest BCUT2D eigenvalue weighted by Gasteiger charge is 2.36. The molecule has 1 heterocycles. The molecule has 5 nitrogen and oxygen atoms in total. The Morgan fingerprint density at radius 2 is 2.05 bits per heavy atom. The first-order valence-electron chi connectivity index (χ1n) is 7.37. The molecule has 1 aliphatic carbocycles. The van der Waals surface area contributed by atoms with E-state index in [1.165, 1.54) is 19.3 Å². The van der Waals surface area contributed by atoms with Gasteiger partial charge in [-0.15, -0.1) is 0 Å². The molecule has 1 saturated carbocycles. The summed E-state index contributed by atoms with van der Waals surface area (Å²) in [5, 5.41) is 11.8. The fraction of sp³-hybridized carbons (Fsp3) is 0.857. The summed E-state index contributed by atoms with van der Waals surface area (Å²) in [6, 6.07) is -0.0902. The van der Waals surface area contributed by atoms with Gasteiger partial charge in [-0.3, -0.25) is 14.5 Å². The van der Waals surface area contributed by atoms with E-state index in [9.17, 15) is 9.59 Å². The molecule has 1 unspecified atom stereocenters. The van der Waals surface area contributed by atoms with Crippen molar-refractivity contribution in [2.45, 2.75) is 57.5 Å². The Hall–Kier alpha value is -1.10. The average Bonchev–Trinajstić information content (AvgIpc) is 2.41. The maximum Gasteiger partial charge on any atom is 0.305 e. The third kappa shape index (κ3) is 3.47. The monoisotopic (exact) mass is 268 g/mol. The Balaban J connectivity index is 1.99. The van der Waals surface area contributed by atoms with Crippen LogP contribution >= 0.6 is 0 Å². The van der Waals surface area contributed by atoms with Gasteiger partial charge in [-0.05, 0) is 31.6 Å². The molecule has 1 atom stereocenters. The summed E-state index contributed by atoms with van der Waals surface area (Å²) in [6.07, 6.45) is 5.76. The van der Waals surface area contributed by atoms with Gasteiger partial charge >= 0.3 is 5.97 Å². The van der Waals surface area contributed by atoms with E-state index >= 15 is 0 Å². The number of carboxylic acids is 1. The fourth-order valence-corrected chi connectivity index (χ4v) is 3.43. The van der Waals surface area contributed by atoms with E-state index in [-0.39, 0.29) is 12.3 Å². The van der Waals surface area contributed by atoms with Crippen molar-refractivity contribution in [2.75, 3.05) is 13.1 Å². The second-order valence-corrected chi connectivity index (χ2v) is 5.73. The molecule has 5 heteroatoms. The smallest absolute Gasteiger partial charge is 0.305 e. The summed E-state index contributed by atoms with van der Waals surface area (Å²) in [4.78, 5) is 25.0. The van der Waals surface area contributed by atoms with Gasteiger partial charge in [-0.1, -0.05) is 13.3 Å². The van der Waals surface area contributed by atoms with E-state index in [0.29, 0.717) is 12.6 Å². The highest BCUT2D eigenvalue weighted by atomic mass is 16.4. The average molecular weight is 268 g/mol. The second-order valence-electron chi connectivity index (χ2n) is 5.73. The first-order valence-corrected chi connectivity index (χ1v) is 7.37. The number of amides is 1. The van der Waals surface area contributed by atoms with E-state index in [2.05, 4.69) is 17.1 Å². The highest BCUT2D eigenvalue weighted by molar-refractivity contribution is 5.86. The van der Waals surface area contributed by atoms with Gasteiger partial charge in [0.1, 0.15) is 0 Å². The molecule has 1 amide bonds. The predicted octanol–water partition coefficient (Wildman–Crippen LogP) is 1.23. The Morgan fingerprint density at radius 3 is 2.63 bits per heavy atom. The number of hydrogen-bond donors (Lipinski definition) is 2. The van der Waals surface area contributed by atoms with Crippen molar-refractivity contribution in [1.82, 2.24) is 10.2 Å². The van der Waals surface area contributed by atoms with Crippen molar-refractivity contribution in [3.8, 4) is 0 Å². The molecule has 108 valence electrons. The molecule has 0 aromatic heterocycles. The molecular weight excluding hydrogens is 244 g/mol. The Bertz CT molecular complexity index is 338. The SMILES string of the molecule is CCC1CCC(N2CCNC(=O)C2CC(=O)O)CC1. The van der Waals surface area contributed by atoms with Crippen LogP contribution in [0.3, 0.4) is 0 Å². The molecule has 0 bridgehead atoms. The van der Waals surface area contributed by atoms with Crippen LogP contribution < -0.4 is 5.32 Å². The molecule has 0 spiro atoms. The molecule has 2 fully saturated rings. The molecule has 1 aliphatic heterocycles. The van der Waals surface area contributed by atoms with Crippen LogP contribution in [-0.4, -0.2) is 47.1 Å². The van der Waals surface area contributed by atoms with Gasteiger partial charge in [-0.25, -0.2) is 0 Å². The van der Waals surface area contributed by atoms with E-state index in [1.807, 2.05) is 0 Å². The van der Waals surface area contributed by atoms with Crippen LogP contribution in [-0.2, 0) is 9.59 Å². The maximum absolute atomic E-state index is 11.9. The summed E-state index contributed by atoms with van der Waals surface area (Å²) in [6.45, 7) is 3.65. The topological polar surface area (TPSA) is 69.6 Å². The summed E-state index contributed by atoms with van der Waals surface area (Å²) in [5.41, 5.74) is 0. The largest absolute Gasteiger partial charge is 0.481 e. The van der Waals surface area contributed by atoms with Crippen molar-refractivity contribution in [3.63, 3.8) is 0 Å². The molecule has 2 N–H and O–H groups in total. The number of rotatable bonds is 4. The zero-order chi connectivity index (χ0) is 13.8. The third-order valence-corrected chi connectivity index (χ3v) is 4.60. The van der Waals surface area contributed by atoms with Crippen LogP contribution in [0.4, 0.5) is 0 Å². The minimum atomic E-state index is -0.894. The number of piperazine rings is 1. The summed E-state index contributed by atoms with van der Waals surface area (Å²) in [7, 11) is 0. The van der Waals surface area contributed by atoms with Crippen molar-refractivity contribution in [3.05, 3.63) is 0 Å². The predicted molar refractivity (Wildman–Crippen MR) is 71.8 cm³/mol. The Labute approximate surface area is 114 Å². The van der Waals surface area contributed by atoms with Gasteiger partial charge < -0.3 is 10.4 Å². The molecule has 2 aliphatic rings. The van der Waals surface area contributed by atoms with Gasteiger partial charge in [0.2, 0.25) is 5.91 Å². The fourth-order valence-electron chi connectivity index (χ4n) is 3.43. The van der Waals surface area contributed by atoms with E-state index in [1.54, 1.807) is 0 Å². The number of nitrogens with one attached hydrogen (secondary N) is 1. The third-order valence-electron chi connectivity index (χ3n) is 4.60. The minimum Gasteiger partial charge on any atom is -0.481 e. The first-order chi connectivity index (χ1) is 9.11. The Kier molecular flexibility index (Phi) is 4.80. The standard InChI is InChI=1S/C14H24N2O3/c1-2-10-3-5-11(6-4-10)16-8-7-15-14(19)12(16)9-13(17)18/h10-12H,2-9H2,1H3,(H,15,19)(H,17,18). The lowest BCUT2D eigenvalue weighted by Gasteiger charge is -2.42. The minimum absolute atomic E-state index is 0.0838. The van der Waals surface area contributed by atoms with Crippen LogP contribution in [0.25, 0.3) is 0 Å². The normalized spacial score (nSPS) is 32.9. The lowest BCUT2D eigenvalue weighted by atomic mass is 9.83. The summed E-state index contributed by atoms with van der Waals surface area (Å²) >= 11 is 0. The molecule has 0 radical (unpaired) electrons. The van der Waals surface area contributed by atoms with Crippen LogP contribution in [0.1, 0.15) is 45.4 Å². The number of carboxylic acid groups (broad SMARTS) is 1. The first kappa shape index (κ1) is 14.3. The molecule has 1 saturated heterocycles. The summed E-state index contributed by atoms with van der Waals surface area (Å²) in [5.74, 6) is -0.201. The molecule has 0 aromatic rings. The van der Waals surface area contributed by atoms with Gasteiger partial charge in [0.05, 0.1) is 12.5 Å². The van der Waals surface area contributed by atoms with Crippen molar-refractivity contribution >= 4 is 11.9 Å². The van der Waals surface area contributed by atoms with Crippen molar-refractivity contribution in [2.24, 2.45) is 5.92 Å². The quantitative estimate of drug-likeness (QED) is 0.804. The van der Waals surface area contributed by atoms with E-state index in [0.717, 1.165) is 25.3 Å².